The van der Waals surface area contributed by atoms with Crippen LogP contribution in [0.5, 0.6) is 5.75 Å². The quantitative estimate of drug-likeness (QED) is 0.178. The number of aliphatic hydroxyl groups excluding tert-OH is 2. The highest BCUT2D eigenvalue weighted by molar-refractivity contribution is 6.25. The molecular weight excluding hydrogens is 519 g/mol. The highest BCUT2D eigenvalue weighted by atomic mass is 19.1. The predicted octanol–water partition coefficient (Wildman–Crippen LogP) is -1.07. The number of nitrogens with one attached hydrogen (secondary N) is 1. The number of aliphatic hydroxyl groups is 3. The molecule has 0 saturated carbocycles. The first-order valence-corrected chi connectivity index (χ1v) is 12.3. The van der Waals surface area contributed by atoms with Gasteiger partial charge in [-0.3, -0.25) is 24.1 Å². The van der Waals surface area contributed by atoms with Crippen molar-refractivity contribution in [3.05, 3.63) is 45.7 Å². The number of hydrogen-bond acceptors (Lipinski definition) is 11. The van der Waals surface area contributed by atoms with Gasteiger partial charge in [-0.25, -0.2) is 4.39 Å². The first-order chi connectivity index (χ1) is 18.4. The minimum Gasteiger partial charge on any atom is -0.510 e. The Morgan fingerprint density at radius 1 is 1.21 bits per heavy atom. The second-order valence-electron chi connectivity index (χ2n) is 10.1. The van der Waals surface area contributed by atoms with Gasteiger partial charge in [-0.2, -0.15) is 0 Å². The van der Waals surface area contributed by atoms with Crippen molar-refractivity contribution in [2.75, 3.05) is 38.2 Å². The number of fused-ring (bicyclic) bond motifs is 3. The lowest BCUT2D eigenvalue weighted by Crippen LogP contribution is -2.63. The number of halogens is 1. The first-order valence-electron chi connectivity index (χ1n) is 12.3. The molecule has 13 nitrogen and oxygen atoms in total. The summed E-state index contributed by atoms with van der Waals surface area (Å²) in [6.45, 7) is 1.82. The number of nitrogens with two attached hydrogens (primary N) is 2. The van der Waals surface area contributed by atoms with Gasteiger partial charge in [0.15, 0.2) is 17.1 Å². The van der Waals surface area contributed by atoms with E-state index in [4.69, 9.17) is 16.2 Å². The monoisotopic (exact) mass is 546 g/mol. The molecule has 9 N–H and O–H groups in total. The molecule has 1 aliphatic heterocycles. The van der Waals surface area contributed by atoms with Crippen LogP contribution in [0.2, 0.25) is 0 Å². The lowest BCUT2D eigenvalue weighted by atomic mass is 9.59. The van der Waals surface area contributed by atoms with Crippen LogP contribution in [0.1, 0.15) is 22.3 Å². The Kier molecular flexibility index (Phi) is 6.45. The molecule has 1 aromatic carbocycles. The molecule has 0 radical (unpaired) electrons. The zero-order chi connectivity index (χ0) is 28.4. The van der Waals surface area contributed by atoms with Crippen LogP contribution in [0.15, 0.2) is 28.7 Å². The van der Waals surface area contributed by atoms with Gasteiger partial charge in [-0.1, -0.05) is 0 Å². The number of hydrogen-bond donors (Lipinski definition) is 7. The summed E-state index contributed by atoms with van der Waals surface area (Å²) in [5.74, 6) is -10.4. The summed E-state index contributed by atoms with van der Waals surface area (Å²) in [6, 6.07) is -0.617. The number of amides is 2. The van der Waals surface area contributed by atoms with Crippen molar-refractivity contribution in [1.29, 1.82) is 0 Å². The number of anilines is 1. The van der Waals surface area contributed by atoms with Gasteiger partial charge in [0, 0.05) is 36.2 Å². The zero-order valence-electron chi connectivity index (χ0n) is 20.6. The number of morpholine rings is 1. The maximum atomic E-state index is 15.3. The van der Waals surface area contributed by atoms with E-state index in [0.29, 0.717) is 26.3 Å². The number of benzene rings is 1. The van der Waals surface area contributed by atoms with Crippen molar-refractivity contribution >= 4 is 29.1 Å². The molecule has 0 unspecified atom stereocenters. The third-order valence-electron chi connectivity index (χ3n) is 7.94. The fourth-order valence-electron chi connectivity index (χ4n) is 5.98. The van der Waals surface area contributed by atoms with Crippen LogP contribution < -0.4 is 16.8 Å². The number of carbonyl (C=O) groups excluding carboxylic acids is 4. The van der Waals surface area contributed by atoms with Crippen LogP contribution >= 0.6 is 0 Å². The van der Waals surface area contributed by atoms with Crippen molar-refractivity contribution in [3.63, 3.8) is 0 Å². The molecule has 2 amide bonds. The lowest BCUT2D eigenvalue weighted by molar-refractivity contribution is -0.145. The molecule has 0 aromatic heterocycles. The molecule has 3 aliphatic carbocycles. The van der Waals surface area contributed by atoms with Crippen LogP contribution in [0.4, 0.5) is 10.1 Å². The number of phenols is 1. The Morgan fingerprint density at radius 2 is 1.87 bits per heavy atom. The van der Waals surface area contributed by atoms with Gasteiger partial charge in [0.1, 0.15) is 22.9 Å². The maximum Gasteiger partial charge on any atom is 0.255 e. The predicted molar refractivity (Wildman–Crippen MR) is 130 cm³/mol. The second kappa shape index (κ2) is 9.41. The van der Waals surface area contributed by atoms with Crippen LogP contribution in [-0.2, 0) is 25.5 Å². The van der Waals surface area contributed by atoms with Crippen molar-refractivity contribution in [3.8, 4) is 5.75 Å². The third-order valence-corrected chi connectivity index (χ3v) is 7.94. The number of Topliss-reactive ketones (excluding diaryl/α,β-unsaturated/α-hetero) is 2. The number of nitrogens with zero attached hydrogens (tertiary/aromatic N) is 1. The number of primary amides is 1. The molecule has 5 rings (SSSR count). The zero-order valence-corrected chi connectivity index (χ0v) is 20.6. The van der Waals surface area contributed by atoms with Crippen molar-refractivity contribution in [1.82, 2.24) is 4.90 Å². The number of aromatic hydroxyl groups is 1. The van der Waals surface area contributed by atoms with E-state index >= 15 is 4.39 Å². The number of carbonyl (C=O) groups is 4. The summed E-state index contributed by atoms with van der Waals surface area (Å²) in [6.07, 6.45) is -0.481. The van der Waals surface area contributed by atoms with Gasteiger partial charge < -0.3 is 41.9 Å². The summed E-state index contributed by atoms with van der Waals surface area (Å²) >= 11 is 0. The summed E-state index contributed by atoms with van der Waals surface area (Å²) in [4.78, 5) is 52.8. The summed E-state index contributed by atoms with van der Waals surface area (Å²) in [5.41, 5.74) is 5.73. The fraction of sp³-hybridized carbons (Fsp3) is 0.440. The van der Waals surface area contributed by atoms with Crippen LogP contribution in [0.25, 0.3) is 0 Å². The third kappa shape index (κ3) is 3.98. The Bertz CT molecular complexity index is 1380. The van der Waals surface area contributed by atoms with E-state index in [1.165, 1.54) is 0 Å². The highest BCUT2D eigenvalue weighted by Crippen LogP contribution is 2.52. The Labute approximate surface area is 220 Å². The van der Waals surface area contributed by atoms with Gasteiger partial charge in [0.2, 0.25) is 11.7 Å². The van der Waals surface area contributed by atoms with Crippen molar-refractivity contribution in [2.45, 2.75) is 24.5 Å². The number of rotatable bonds is 4. The van der Waals surface area contributed by atoms with E-state index in [1.54, 1.807) is 4.90 Å². The topological polar surface area (TPSA) is 226 Å². The molecule has 1 fully saturated rings. The van der Waals surface area contributed by atoms with Gasteiger partial charge in [-0.05, 0) is 18.8 Å². The van der Waals surface area contributed by atoms with Gasteiger partial charge in [0.25, 0.3) is 5.91 Å². The Hall–Kier alpha value is -3.85. The molecule has 4 atom stereocenters. The molecule has 1 saturated heterocycles. The van der Waals surface area contributed by atoms with Gasteiger partial charge in [-0.15, -0.1) is 0 Å². The Balaban J connectivity index is 1.53. The summed E-state index contributed by atoms with van der Waals surface area (Å²) < 4.78 is 20.5. The van der Waals surface area contributed by atoms with Gasteiger partial charge in [0.05, 0.1) is 37.1 Å². The van der Waals surface area contributed by atoms with Crippen LogP contribution in [0, 0.1) is 17.7 Å². The van der Waals surface area contributed by atoms with Crippen LogP contribution in [-0.4, -0.2) is 93.2 Å². The fourth-order valence-corrected chi connectivity index (χ4v) is 5.98. The minimum atomic E-state index is -2.87. The minimum absolute atomic E-state index is 0.0667. The molecule has 14 heteroatoms. The lowest BCUT2D eigenvalue weighted by Gasteiger charge is -2.47. The summed E-state index contributed by atoms with van der Waals surface area (Å²) in [5, 5.41) is 46.1. The molecule has 4 aliphatic rings. The molecular formula is C25H27FN4O9. The maximum absolute atomic E-state index is 15.3. The largest absolute Gasteiger partial charge is 0.510 e. The smallest absolute Gasteiger partial charge is 0.255 e. The summed E-state index contributed by atoms with van der Waals surface area (Å²) in [7, 11) is 0. The highest BCUT2D eigenvalue weighted by Gasteiger charge is 2.62. The first kappa shape index (κ1) is 26.7. The van der Waals surface area contributed by atoms with Crippen molar-refractivity contribution < 1.29 is 48.7 Å². The SMILES string of the molecule is NC(=O)C1=C(O)[C@@H](N)[C@@H]2C[C@@H]3Cc4c(F)cc(NC(=O)CN5CCOCC5)c(O)c4C(=O)C3=C(O)[C@]2(O)C1=O. The van der Waals surface area contributed by atoms with E-state index < -0.39 is 86.7 Å². The van der Waals surface area contributed by atoms with Crippen molar-refractivity contribution in [2.24, 2.45) is 23.3 Å². The standard InChI is InChI=1S/C25H27FN4O9/c26-12-7-13(29-14(31)8-30-1-3-39-4-2-30)19(32)16-10(12)5-9-6-11-18(27)21(34)17(24(28)37)23(36)25(11,38)22(35)15(9)20(16)33/h7,9,11,18,32,34-35,38H,1-6,8,27H2,(H2,28,37)(H,29,31)/t9-,11-,18-,25-/m0/s1. The van der Waals surface area contributed by atoms with Gasteiger partial charge >= 0.3 is 0 Å². The van der Waals surface area contributed by atoms with E-state index in [9.17, 15) is 39.6 Å². The number of allylic oxidation sites excluding steroid dienone is 1. The Morgan fingerprint density at radius 3 is 2.51 bits per heavy atom. The second-order valence-corrected chi connectivity index (χ2v) is 10.1. The average Bonchev–Trinajstić information content (AvgIpc) is 2.88. The molecule has 208 valence electrons. The molecule has 0 bridgehead atoms. The van der Waals surface area contributed by atoms with E-state index in [0.717, 1.165) is 6.07 Å². The number of ether oxygens (including phenoxy) is 1. The normalized spacial score (nSPS) is 29.1. The number of ketones is 2. The molecule has 1 aromatic rings. The number of phenolic OH excluding ortho intramolecular Hbond substituents is 1. The molecule has 39 heavy (non-hydrogen) atoms. The molecule has 0 spiro atoms. The molecule has 1 heterocycles. The van der Waals surface area contributed by atoms with Crippen LogP contribution in [0.3, 0.4) is 0 Å². The van der Waals surface area contributed by atoms with E-state index in [2.05, 4.69) is 5.32 Å². The average molecular weight is 547 g/mol. The van der Waals surface area contributed by atoms with E-state index in [-0.39, 0.29) is 30.6 Å². The van der Waals surface area contributed by atoms with E-state index in [1.807, 2.05) is 0 Å².